The molecule has 0 spiro atoms. The molecule has 194 valence electrons. The van der Waals surface area contributed by atoms with Crippen molar-refractivity contribution < 1.29 is 19.4 Å². The number of benzene rings is 2. The summed E-state index contributed by atoms with van der Waals surface area (Å²) in [4.78, 5) is 37.2. The normalized spacial score (nSPS) is 17.4. The van der Waals surface area contributed by atoms with Crippen molar-refractivity contribution in [2.45, 2.75) is 32.2 Å². The maximum atomic E-state index is 13.5. The third kappa shape index (κ3) is 4.42. The fourth-order valence-electron chi connectivity index (χ4n) is 4.45. The minimum atomic E-state index is -0.992. The van der Waals surface area contributed by atoms with Gasteiger partial charge in [0.25, 0.3) is 5.78 Å². The van der Waals surface area contributed by atoms with Crippen LogP contribution in [-0.4, -0.2) is 33.9 Å². The molecule has 3 heterocycles. The number of ketones is 1. The lowest BCUT2D eigenvalue weighted by Crippen LogP contribution is -2.29. The van der Waals surface area contributed by atoms with Gasteiger partial charge in [0.15, 0.2) is 5.13 Å². The number of amides is 1. The number of nitrogens with zero attached hydrogens (tertiary/aromatic N) is 3. The molecule has 1 atom stereocenters. The average molecular weight is 568 g/mol. The summed E-state index contributed by atoms with van der Waals surface area (Å²) in [6, 6.07) is 11.3. The molecule has 1 N–H and O–H groups in total. The molecule has 1 unspecified atom stereocenters. The van der Waals surface area contributed by atoms with Crippen molar-refractivity contribution in [1.82, 2.24) is 9.97 Å². The number of halogens is 2. The molecule has 0 saturated carbocycles. The molecular formula is C28H23Cl2N3O4S. The summed E-state index contributed by atoms with van der Waals surface area (Å²) in [5.74, 6) is -2.02. The highest BCUT2D eigenvalue weighted by Gasteiger charge is 2.48. The number of ether oxygens (including phenoxy) is 1. The monoisotopic (exact) mass is 567 g/mol. The third-order valence-corrected chi connectivity index (χ3v) is 7.88. The van der Waals surface area contributed by atoms with Crippen LogP contribution in [0.25, 0.3) is 16.0 Å². The first-order valence-electron chi connectivity index (χ1n) is 11.7. The van der Waals surface area contributed by atoms with E-state index in [1.807, 2.05) is 18.2 Å². The van der Waals surface area contributed by atoms with Crippen molar-refractivity contribution >= 4 is 67.3 Å². The Balaban J connectivity index is 1.74. The van der Waals surface area contributed by atoms with Gasteiger partial charge < -0.3 is 9.84 Å². The first kappa shape index (κ1) is 26.2. The van der Waals surface area contributed by atoms with Gasteiger partial charge in [-0.25, -0.2) is 4.98 Å². The number of anilines is 1. The Labute approximate surface area is 233 Å². The molecule has 1 saturated heterocycles. The number of Topliss-reactive ketones (excluding diaryl/α,β-unsaturated/α-hetero) is 1. The molecule has 1 amide bonds. The Morgan fingerprint density at radius 3 is 2.55 bits per heavy atom. The molecule has 1 fully saturated rings. The van der Waals surface area contributed by atoms with Gasteiger partial charge in [-0.05, 0) is 46.9 Å². The second kappa shape index (κ2) is 9.69. The van der Waals surface area contributed by atoms with E-state index in [4.69, 9.17) is 27.9 Å². The van der Waals surface area contributed by atoms with E-state index < -0.39 is 23.5 Å². The zero-order valence-corrected chi connectivity index (χ0v) is 23.3. The Bertz CT molecular complexity index is 1630. The number of rotatable bonds is 4. The van der Waals surface area contributed by atoms with Gasteiger partial charge >= 0.3 is 5.91 Å². The van der Waals surface area contributed by atoms with Crippen molar-refractivity contribution in [2.75, 3.05) is 12.0 Å². The molecular weight excluding hydrogens is 545 g/mol. The lowest BCUT2D eigenvalue weighted by Gasteiger charge is -2.22. The molecule has 4 aromatic rings. The molecule has 38 heavy (non-hydrogen) atoms. The van der Waals surface area contributed by atoms with Crippen LogP contribution in [0.3, 0.4) is 0 Å². The number of hydrogen-bond donors (Lipinski definition) is 1. The maximum Gasteiger partial charge on any atom is 0.301 e. The van der Waals surface area contributed by atoms with Crippen molar-refractivity contribution in [1.29, 1.82) is 0 Å². The second-order valence-corrected chi connectivity index (χ2v) is 11.7. The van der Waals surface area contributed by atoms with E-state index in [1.54, 1.807) is 24.5 Å². The average Bonchev–Trinajstić information content (AvgIpc) is 3.41. The molecule has 0 radical (unpaired) electrons. The zero-order chi connectivity index (χ0) is 27.4. The topological polar surface area (TPSA) is 92.6 Å². The summed E-state index contributed by atoms with van der Waals surface area (Å²) >= 11 is 13.8. The predicted octanol–water partition coefficient (Wildman–Crippen LogP) is 6.93. The molecule has 5 rings (SSSR count). The highest BCUT2D eigenvalue weighted by atomic mass is 35.5. The first-order chi connectivity index (χ1) is 18.0. The van der Waals surface area contributed by atoms with E-state index in [-0.39, 0.29) is 32.3 Å². The highest BCUT2D eigenvalue weighted by molar-refractivity contribution is 7.22. The number of hydrogen-bond acceptors (Lipinski definition) is 7. The van der Waals surface area contributed by atoms with Crippen molar-refractivity contribution in [3.8, 4) is 5.75 Å². The summed E-state index contributed by atoms with van der Waals surface area (Å²) in [6.45, 7) is 6.36. The summed E-state index contributed by atoms with van der Waals surface area (Å²) in [7, 11) is 1.38. The van der Waals surface area contributed by atoms with Crippen LogP contribution in [-0.2, 0) is 15.0 Å². The van der Waals surface area contributed by atoms with E-state index in [0.29, 0.717) is 16.2 Å². The zero-order valence-electron chi connectivity index (χ0n) is 21.0. The van der Waals surface area contributed by atoms with E-state index >= 15 is 0 Å². The number of aliphatic hydroxyl groups excluding tert-OH is 1. The lowest BCUT2D eigenvalue weighted by molar-refractivity contribution is -0.132. The van der Waals surface area contributed by atoms with Crippen LogP contribution in [0.1, 0.15) is 43.5 Å². The van der Waals surface area contributed by atoms with E-state index in [0.717, 1.165) is 10.3 Å². The van der Waals surface area contributed by atoms with E-state index in [9.17, 15) is 14.7 Å². The highest BCUT2D eigenvalue weighted by Crippen LogP contribution is 2.46. The van der Waals surface area contributed by atoms with E-state index in [1.165, 1.54) is 35.5 Å². The molecule has 2 aromatic carbocycles. The van der Waals surface area contributed by atoms with Gasteiger partial charge in [0, 0.05) is 17.4 Å². The summed E-state index contributed by atoms with van der Waals surface area (Å²) in [5, 5.41) is 12.2. The number of aliphatic hydroxyl groups is 1. The number of carbonyl (C=O) groups excluding carboxylic acids is 2. The van der Waals surface area contributed by atoms with Crippen LogP contribution in [0.4, 0.5) is 5.13 Å². The maximum absolute atomic E-state index is 13.5. The number of carbonyl (C=O) groups is 2. The molecule has 2 aromatic heterocycles. The van der Waals surface area contributed by atoms with Crippen molar-refractivity contribution in [2.24, 2.45) is 0 Å². The summed E-state index contributed by atoms with van der Waals surface area (Å²) in [5.41, 5.74) is 2.22. The Kier molecular flexibility index (Phi) is 6.67. The SMILES string of the molecule is COc1c(Cl)cc(Cl)cc1/C(O)=C1\C(=O)C(=O)N(c2nc3ccc(C(C)(C)C)cc3s2)C1c1cccnc1. The van der Waals surface area contributed by atoms with Gasteiger partial charge in [-0.3, -0.25) is 19.5 Å². The number of thiazole rings is 1. The lowest BCUT2D eigenvalue weighted by atomic mass is 9.87. The molecule has 7 nitrogen and oxygen atoms in total. The number of pyridine rings is 1. The van der Waals surface area contributed by atoms with Gasteiger partial charge in [-0.1, -0.05) is 67.4 Å². The summed E-state index contributed by atoms with van der Waals surface area (Å²) in [6.07, 6.45) is 3.13. The summed E-state index contributed by atoms with van der Waals surface area (Å²) < 4.78 is 6.26. The van der Waals surface area contributed by atoms with E-state index in [2.05, 4.69) is 30.7 Å². The minimum Gasteiger partial charge on any atom is -0.507 e. The predicted molar refractivity (Wildman–Crippen MR) is 150 cm³/mol. The van der Waals surface area contributed by atoms with Crippen LogP contribution < -0.4 is 9.64 Å². The number of aromatic nitrogens is 2. The number of fused-ring (bicyclic) bond motifs is 1. The molecule has 1 aliphatic heterocycles. The van der Waals surface area contributed by atoms with Gasteiger partial charge in [0.1, 0.15) is 11.5 Å². The van der Waals surface area contributed by atoms with Crippen LogP contribution >= 0.6 is 34.5 Å². The standard InChI is InChI=1S/C28H23Cl2N3O4S/c1-28(2,3)15-7-8-19-20(10-15)38-27(32-19)33-22(14-6-5-9-31-13-14)21(24(35)26(33)36)23(34)17-11-16(29)12-18(30)25(17)37-4/h5-13,22,34H,1-4H3/b23-21+. The van der Waals surface area contributed by atoms with Gasteiger partial charge in [-0.2, -0.15) is 0 Å². The molecule has 10 heteroatoms. The van der Waals surface area contributed by atoms with Gasteiger partial charge in [-0.15, -0.1) is 0 Å². The fraction of sp³-hybridized carbons (Fsp3) is 0.214. The Morgan fingerprint density at radius 1 is 1.13 bits per heavy atom. The fourth-order valence-corrected chi connectivity index (χ4v) is 6.06. The third-order valence-electron chi connectivity index (χ3n) is 6.36. The smallest absolute Gasteiger partial charge is 0.301 e. The van der Waals surface area contributed by atoms with Crippen LogP contribution in [0.5, 0.6) is 5.75 Å². The Hall–Kier alpha value is -3.46. The number of methoxy groups -OCH3 is 1. The van der Waals surface area contributed by atoms with Crippen molar-refractivity contribution in [3.63, 3.8) is 0 Å². The second-order valence-electron chi connectivity index (χ2n) is 9.85. The minimum absolute atomic E-state index is 0.0744. The van der Waals surface area contributed by atoms with Gasteiger partial charge in [0.2, 0.25) is 0 Å². The first-order valence-corrected chi connectivity index (χ1v) is 13.2. The largest absolute Gasteiger partial charge is 0.507 e. The van der Waals surface area contributed by atoms with Crippen LogP contribution in [0, 0.1) is 0 Å². The molecule has 0 bridgehead atoms. The van der Waals surface area contributed by atoms with Crippen LogP contribution in [0.2, 0.25) is 10.0 Å². The molecule has 1 aliphatic rings. The van der Waals surface area contributed by atoms with Crippen molar-refractivity contribution in [3.05, 3.63) is 87.2 Å². The van der Waals surface area contributed by atoms with Gasteiger partial charge in [0.05, 0.1) is 39.5 Å². The Morgan fingerprint density at radius 2 is 1.89 bits per heavy atom. The quantitative estimate of drug-likeness (QED) is 0.163. The molecule has 0 aliphatic carbocycles. The van der Waals surface area contributed by atoms with Crippen LogP contribution in [0.15, 0.2) is 60.4 Å².